The van der Waals surface area contributed by atoms with Crippen LogP contribution < -0.4 is 9.47 Å². The van der Waals surface area contributed by atoms with E-state index in [1.54, 1.807) is 26.0 Å². The number of aliphatic hydroxyl groups is 1. The van der Waals surface area contributed by atoms with E-state index in [0.29, 0.717) is 30.6 Å². The molecular formula is C13H14N2O4. The standard InChI is InChI=1S/C13H14N2O4/c1-13(2,16)12-15-14-11(19-12)8-3-4-9-10(7-8)18-6-5-17-9/h3-4,7,16H,5-6H2,1-2H3. The van der Waals surface area contributed by atoms with Crippen molar-refractivity contribution in [1.82, 2.24) is 10.2 Å². The highest BCUT2D eigenvalue weighted by atomic mass is 16.6. The van der Waals surface area contributed by atoms with Crippen molar-refractivity contribution in [1.29, 1.82) is 0 Å². The van der Waals surface area contributed by atoms with Gasteiger partial charge < -0.3 is 19.0 Å². The number of fused-ring (bicyclic) bond motifs is 1. The summed E-state index contributed by atoms with van der Waals surface area (Å²) in [6.45, 7) is 4.26. The summed E-state index contributed by atoms with van der Waals surface area (Å²) in [5.74, 6) is 1.88. The quantitative estimate of drug-likeness (QED) is 0.888. The Morgan fingerprint density at radius 2 is 1.84 bits per heavy atom. The second-order valence-electron chi connectivity index (χ2n) is 4.83. The van der Waals surface area contributed by atoms with Crippen molar-refractivity contribution in [2.75, 3.05) is 13.2 Å². The predicted octanol–water partition coefficient (Wildman–Crippen LogP) is 1.74. The third-order valence-electron chi connectivity index (χ3n) is 2.74. The molecule has 0 amide bonds. The van der Waals surface area contributed by atoms with E-state index in [-0.39, 0.29) is 5.89 Å². The number of hydrogen-bond donors (Lipinski definition) is 1. The lowest BCUT2D eigenvalue weighted by atomic mass is 10.1. The highest BCUT2D eigenvalue weighted by Gasteiger charge is 2.24. The summed E-state index contributed by atoms with van der Waals surface area (Å²) in [6, 6.07) is 5.41. The largest absolute Gasteiger partial charge is 0.486 e. The molecule has 0 saturated heterocycles. The minimum atomic E-state index is -1.15. The van der Waals surface area contributed by atoms with Gasteiger partial charge in [0.05, 0.1) is 0 Å². The van der Waals surface area contributed by atoms with Crippen molar-refractivity contribution >= 4 is 0 Å². The summed E-state index contributed by atoms with van der Waals surface area (Å²) < 4.78 is 16.4. The molecule has 3 rings (SSSR count). The summed E-state index contributed by atoms with van der Waals surface area (Å²) >= 11 is 0. The van der Waals surface area contributed by atoms with Gasteiger partial charge in [-0.1, -0.05) is 0 Å². The highest BCUT2D eigenvalue weighted by molar-refractivity contribution is 5.59. The molecule has 19 heavy (non-hydrogen) atoms. The zero-order valence-electron chi connectivity index (χ0n) is 10.7. The van der Waals surface area contributed by atoms with Crippen LogP contribution in [0.15, 0.2) is 22.6 Å². The Kier molecular flexibility index (Phi) is 2.67. The van der Waals surface area contributed by atoms with E-state index in [4.69, 9.17) is 13.9 Å². The molecule has 0 saturated carbocycles. The van der Waals surface area contributed by atoms with Gasteiger partial charge in [-0.25, -0.2) is 0 Å². The first kappa shape index (κ1) is 12.0. The molecule has 1 aromatic carbocycles. The first-order chi connectivity index (χ1) is 9.04. The van der Waals surface area contributed by atoms with Crippen LogP contribution in [0, 0.1) is 0 Å². The summed E-state index contributed by atoms with van der Waals surface area (Å²) in [7, 11) is 0. The number of ether oxygens (including phenoxy) is 2. The van der Waals surface area contributed by atoms with Crippen LogP contribution in [0.2, 0.25) is 0 Å². The molecule has 1 aliphatic heterocycles. The van der Waals surface area contributed by atoms with Crippen molar-refractivity contribution in [2.45, 2.75) is 19.4 Å². The third-order valence-corrected chi connectivity index (χ3v) is 2.74. The maximum Gasteiger partial charge on any atom is 0.248 e. The summed E-state index contributed by atoms with van der Waals surface area (Å²) in [5, 5.41) is 17.6. The fourth-order valence-electron chi connectivity index (χ4n) is 1.76. The molecule has 0 aliphatic carbocycles. The predicted molar refractivity (Wildman–Crippen MR) is 66.0 cm³/mol. The van der Waals surface area contributed by atoms with Gasteiger partial charge in [-0.15, -0.1) is 10.2 Å². The number of aromatic nitrogens is 2. The molecular weight excluding hydrogens is 248 g/mol. The zero-order valence-corrected chi connectivity index (χ0v) is 10.7. The molecule has 1 aromatic heterocycles. The molecule has 100 valence electrons. The van der Waals surface area contributed by atoms with Crippen LogP contribution in [0.5, 0.6) is 11.5 Å². The Morgan fingerprint density at radius 1 is 1.11 bits per heavy atom. The zero-order chi connectivity index (χ0) is 13.5. The van der Waals surface area contributed by atoms with Gasteiger partial charge in [0.15, 0.2) is 11.5 Å². The Labute approximate surface area is 110 Å². The van der Waals surface area contributed by atoms with E-state index in [1.165, 1.54) is 0 Å². The topological polar surface area (TPSA) is 77.6 Å². The molecule has 0 fully saturated rings. The van der Waals surface area contributed by atoms with Crippen molar-refractivity contribution in [3.8, 4) is 23.0 Å². The van der Waals surface area contributed by atoms with Crippen LogP contribution in [-0.4, -0.2) is 28.5 Å². The van der Waals surface area contributed by atoms with Crippen LogP contribution in [0.25, 0.3) is 11.5 Å². The molecule has 0 radical (unpaired) electrons. The SMILES string of the molecule is CC(C)(O)c1nnc(-c2ccc3c(c2)OCCO3)o1. The van der Waals surface area contributed by atoms with E-state index >= 15 is 0 Å². The molecule has 0 unspecified atom stereocenters. The third kappa shape index (κ3) is 2.26. The Morgan fingerprint density at radius 3 is 2.53 bits per heavy atom. The average Bonchev–Trinajstić information content (AvgIpc) is 2.87. The second-order valence-corrected chi connectivity index (χ2v) is 4.83. The maximum absolute atomic E-state index is 9.80. The number of benzene rings is 1. The Bertz CT molecular complexity index is 601. The van der Waals surface area contributed by atoms with E-state index in [1.807, 2.05) is 6.07 Å². The fraction of sp³-hybridized carbons (Fsp3) is 0.385. The first-order valence-corrected chi connectivity index (χ1v) is 6.00. The van der Waals surface area contributed by atoms with Crippen LogP contribution in [-0.2, 0) is 5.60 Å². The molecule has 0 bridgehead atoms. The van der Waals surface area contributed by atoms with Crippen molar-refractivity contribution in [3.05, 3.63) is 24.1 Å². The van der Waals surface area contributed by atoms with Crippen LogP contribution in [0.3, 0.4) is 0 Å². The van der Waals surface area contributed by atoms with Crippen LogP contribution in [0.1, 0.15) is 19.7 Å². The molecule has 2 heterocycles. The molecule has 1 aliphatic rings. The Hall–Kier alpha value is -2.08. The lowest BCUT2D eigenvalue weighted by Gasteiger charge is -2.18. The molecule has 2 aromatic rings. The summed E-state index contributed by atoms with van der Waals surface area (Å²) in [6.07, 6.45) is 0. The highest BCUT2D eigenvalue weighted by Crippen LogP contribution is 2.34. The van der Waals surface area contributed by atoms with E-state index < -0.39 is 5.60 Å². The summed E-state index contributed by atoms with van der Waals surface area (Å²) in [4.78, 5) is 0. The minimum Gasteiger partial charge on any atom is -0.486 e. The van der Waals surface area contributed by atoms with Crippen molar-refractivity contribution in [3.63, 3.8) is 0 Å². The van der Waals surface area contributed by atoms with Crippen LogP contribution in [0.4, 0.5) is 0 Å². The first-order valence-electron chi connectivity index (χ1n) is 6.00. The van der Waals surface area contributed by atoms with Gasteiger partial charge in [0.25, 0.3) is 0 Å². The van der Waals surface area contributed by atoms with Gasteiger partial charge in [0, 0.05) is 5.56 Å². The molecule has 6 heteroatoms. The normalized spacial score (nSPS) is 14.5. The van der Waals surface area contributed by atoms with Gasteiger partial charge in [0.1, 0.15) is 18.8 Å². The van der Waals surface area contributed by atoms with Gasteiger partial charge in [-0.2, -0.15) is 0 Å². The average molecular weight is 262 g/mol. The Balaban J connectivity index is 1.96. The number of nitrogens with zero attached hydrogens (tertiary/aromatic N) is 2. The lowest BCUT2D eigenvalue weighted by molar-refractivity contribution is 0.0488. The molecule has 1 N–H and O–H groups in total. The van der Waals surface area contributed by atoms with E-state index in [2.05, 4.69) is 10.2 Å². The fourth-order valence-corrected chi connectivity index (χ4v) is 1.76. The molecule has 0 spiro atoms. The molecule has 6 nitrogen and oxygen atoms in total. The molecule has 0 atom stereocenters. The minimum absolute atomic E-state index is 0.178. The van der Waals surface area contributed by atoms with E-state index in [0.717, 1.165) is 5.56 Å². The lowest BCUT2D eigenvalue weighted by Crippen LogP contribution is -2.15. The van der Waals surface area contributed by atoms with Crippen molar-refractivity contribution in [2.24, 2.45) is 0 Å². The monoisotopic (exact) mass is 262 g/mol. The number of rotatable bonds is 2. The maximum atomic E-state index is 9.80. The summed E-state index contributed by atoms with van der Waals surface area (Å²) in [5.41, 5.74) is -0.425. The van der Waals surface area contributed by atoms with Gasteiger partial charge in [-0.3, -0.25) is 0 Å². The van der Waals surface area contributed by atoms with Gasteiger partial charge in [0.2, 0.25) is 11.8 Å². The van der Waals surface area contributed by atoms with Crippen LogP contribution >= 0.6 is 0 Å². The van der Waals surface area contributed by atoms with Crippen molar-refractivity contribution < 1.29 is 19.0 Å². The van der Waals surface area contributed by atoms with Gasteiger partial charge >= 0.3 is 0 Å². The second kappa shape index (κ2) is 4.24. The number of hydrogen-bond acceptors (Lipinski definition) is 6. The van der Waals surface area contributed by atoms with Gasteiger partial charge in [-0.05, 0) is 32.0 Å². The van der Waals surface area contributed by atoms with E-state index in [9.17, 15) is 5.11 Å². The smallest absolute Gasteiger partial charge is 0.248 e.